The number of rotatable bonds is 7. The van der Waals surface area contributed by atoms with Crippen LogP contribution in [0.4, 0.5) is 4.79 Å². The summed E-state index contributed by atoms with van der Waals surface area (Å²) < 4.78 is 4.75. The number of amides is 4. The highest BCUT2D eigenvalue weighted by Crippen LogP contribution is 2.40. The second kappa shape index (κ2) is 10.2. The Morgan fingerprint density at radius 1 is 1.18 bits per heavy atom. The number of imidazole rings is 1. The Morgan fingerprint density at radius 2 is 1.93 bits per heavy atom. The van der Waals surface area contributed by atoms with Crippen LogP contribution in [0.3, 0.4) is 0 Å². The first-order valence-electron chi connectivity index (χ1n) is 14.2. The summed E-state index contributed by atoms with van der Waals surface area (Å²) in [4.78, 5) is 49.5. The first-order chi connectivity index (χ1) is 19.3. The molecule has 12 nitrogen and oxygen atoms in total. The summed E-state index contributed by atoms with van der Waals surface area (Å²) in [6, 6.07) is 3.59. The number of hydrogen-bond donors (Lipinski definition) is 4. The quantitative estimate of drug-likeness (QED) is 0.353. The summed E-state index contributed by atoms with van der Waals surface area (Å²) in [5.74, 6) is 0.453. The molecule has 12 heteroatoms. The number of fused-ring (bicyclic) bond motifs is 2. The van der Waals surface area contributed by atoms with Crippen molar-refractivity contribution in [2.45, 2.75) is 82.8 Å². The highest BCUT2D eigenvalue weighted by molar-refractivity contribution is 5.94. The average Bonchev–Trinajstić information content (AvgIpc) is 3.74. The second-order valence-electron chi connectivity index (χ2n) is 11.4. The molecule has 6 rings (SSSR count). The van der Waals surface area contributed by atoms with Crippen LogP contribution < -0.4 is 16.0 Å². The Labute approximate surface area is 232 Å². The molecule has 3 aromatic rings. The summed E-state index contributed by atoms with van der Waals surface area (Å²) in [6.07, 6.45) is 7.07. The van der Waals surface area contributed by atoms with Crippen LogP contribution in [0.1, 0.15) is 84.6 Å². The van der Waals surface area contributed by atoms with Gasteiger partial charge in [0.2, 0.25) is 5.91 Å². The summed E-state index contributed by atoms with van der Waals surface area (Å²) in [5, 5.41) is 16.5. The highest BCUT2D eigenvalue weighted by Gasteiger charge is 2.52. The van der Waals surface area contributed by atoms with Crippen molar-refractivity contribution in [1.82, 2.24) is 41.1 Å². The van der Waals surface area contributed by atoms with E-state index in [0.29, 0.717) is 30.9 Å². The van der Waals surface area contributed by atoms with Crippen LogP contribution in [-0.2, 0) is 17.6 Å². The zero-order valence-corrected chi connectivity index (χ0v) is 23.2. The molecule has 2 aliphatic carbocycles. The smallest absolute Gasteiger partial charge is 0.318 e. The average molecular weight is 549 g/mol. The number of aryl methyl sites for hydroxylation is 1. The molecule has 212 valence electrons. The Balaban J connectivity index is 1.32. The van der Waals surface area contributed by atoms with Gasteiger partial charge in [0.1, 0.15) is 17.1 Å². The topological polar surface area (TPSA) is 158 Å². The molecule has 40 heavy (non-hydrogen) atoms. The van der Waals surface area contributed by atoms with Crippen molar-refractivity contribution < 1.29 is 19.0 Å². The summed E-state index contributed by atoms with van der Waals surface area (Å²) in [7, 11) is 1.62. The third-order valence-electron chi connectivity index (χ3n) is 8.99. The number of aromatic amines is 1. The van der Waals surface area contributed by atoms with Crippen molar-refractivity contribution in [3.8, 4) is 0 Å². The van der Waals surface area contributed by atoms with E-state index in [4.69, 9.17) is 9.61 Å². The Bertz CT molecular complexity index is 1410. The molecule has 4 amide bonds. The molecule has 4 N–H and O–H groups in total. The third-order valence-corrected chi connectivity index (χ3v) is 8.99. The molecule has 0 spiro atoms. The molecule has 1 saturated heterocycles. The number of aromatic nitrogens is 4. The van der Waals surface area contributed by atoms with Gasteiger partial charge in [0.25, 0.3) is 5.91 Å². The molecule has 2 unspecified atom stereocenters. The number of carbonyl (C=O) groups is 3. The van der Waals surface area contributed by atoms with Gasteiger partial charge in [-0.1, -0.05) is 31.3 Å². The molecule has 3 heterocycles. The van der Waals surface area contributed by atoms with Gasteiger partial charge in [-0.05, 0) is 60.5 Å². The van der Waals surface area contributed by atoms with Crippen LogP contribution in [0.15, 0.2) is 16.8 Å². The zero-order valence-electron chi connectivity index (χ0n) is 23.2. The molecule has 1 aromatic carbocycles. The number of nitrogens with one attached hydrogen (secondary N) is 4. The van der Waals surface area contributed by atoms with Crippen LogP contribution in [0.2, 0.25) is 0 Å². The Kier molecular flexibility index (Phi) is 6.71. The lowest BCUT2D eigenvalue weighted by atomic mass is 9.83. The molecule has 1 saturated carbocycles. The van der Waals surface area contributed by atoms with Crippen molar-refractivity contribution in [3.63, 3.8) is 0 Å². The van der Waals surface area contributed by atoms with Crippen LogP contribution in [0.5, 0.6) is 0 Å². The van der Waals surface area contributed by atoms with E-state index in [0.717, 1.165) is 54.3 Å². The van der Waals surface area contributed by atoms with Crippen LogP contribution in [-0.4, -0.2) is 68.2 Å². The molecule has 2 aromatic heterocycles. The first kappa shape index (κ1) is 26.3. The second-order valence-corrected chi connectivity index (χ2v) is 11.4. The minimum Gasteiger partial charge on any atom is -0.357 e. The van der Waals surface area contributed by atoms with E-state index in [1.54, 1.807) is 18.9 Å². The number of hydrogen-bond acceptors (Lipinski definition) is 7. The van der Waals surface area contributed by atoms with Gasteiger partial charge in [-0.25, -0.2) is 14.4 Å². The van der Waals surface area contributed by atoms with E-state index >= 15 is 0 Å². The van der Waals surface area contributed by atoms with Crippen LogP contribution in [0, 0.1) is 12.8 Å². The number of carbonyl (C=O) groups excluding carboxylic acids is 3. The predicted molar refractivity (Wildman–Crippen MR) is 145 cm³/mol. The summed E-state index contributed by atoms with van der Waals surface area (Å²) in [5.41, 5.74) is 3.27. The lowest BCUT2D eigenvalue weighted by Crippen LogP contribution is -2.60. The minimum atomic E-state index is -0.977. The molecule has 1 aliphatic heterocycles. The van der Waals surface area contributed by atoms with E-state index in [1.807, 2.05) is 19.1 Å². The van der Waals surface area contributed by atoms with Crippen molar-refractivity contribution in [2.24, 2.45) is 5.92 Å². The predicted octanol–water partition coefficient (Wildman–Crippen LogP) is 2.69. The van der Waals surface area contributed by atoms with Crippen molar-refractivity contribution in [3.05, 3.63) is 40.5 Å². The van der Waals surface area contributed by atoms with Crippen molar-refractivity contribution in [1.29, 1.82) is 0 Å². The highest BCUT2D eigenvalue weighted by atomic mass is 16.6. The van der Waals surface area contributed by atoms with E-state index in [-0.39, 0.29) is 41.5 Å². The Hall–Kier alpha value is -3.96. The van der Waals surface area contributed by atoms with Crippen molar-refractivity contribution >= 4 is 28.9 Å². The van der Waals surface area contributed by atoms with Gasteiger partial charge in [0.05, 0.1) is 17.1 Å². The maximum Gasteiger partial charge on any atom is 0.318 e. The van der Waals surface area contributed by atoms with Gasteiger partial charge in [0, 0.05) is 32.5 Å². The van der Waals surface area contributed by atoms with Gasteiger partial charge >= 0.3 is 6.03 Å². The lowest BCUT2D eigenvalue weighted by molar-refractivity contribution is -0.130. The van der Waals surface area contributed by atoms with Crippen LogP contribution >= 0.6 is 0 Å². The fourth-order valence-corrected chi connectivity index (χ4v) is 6.77. The van der Waals surface area contributed by atoms with Crippen LogP contribution in [0.25, 0.3) is 11.0 Å². The summed E-state index contributed by atoms with van der Waals surface area (Å²) in [6.45, 7) is 4.22. The van der Waals surface area contributed by atoms with Gasteiger partial charge in [-0.2, -0.15) is 0 Å². The van der Waals surface area contributed by atoms with Gasteiger partial charge in [0.15, 0.2) is 5.69 Å². The molecule has 3 aliphatic rings. The summed E-state index contributed by atoms with van der Waals surface area (Å²) >= 11 is 0. The Morgan fingerprint density at radius 3 is 2.58 bits per heavy atom. The van der Waals surface area contributed by atoms with Gasteiger partial charge in [-0.3, -0.25) is 9.59 Å². The monoisotopic (exact) mass is 548 g/mol. The number of H-pyrrole nitrogens is 1. The zero-order chi connectivity index (χ0) is 28.0. The van der Waals surface area contributed by atoms with E-state index < -0.39 is 5.54 Å². The normalized spacial score (nSPS) is 21.3. The molecular formula is C28H36N8O4. The molecule has 0 radical (unpaired) electrons. The molecule has 3 atom stereocenters. The van der Waals surface area contributed by atoms with Crippen molar-refractivity contribution in [2.75, 3.05) is 13.6 Å². The fraction of sp³-hybridized carbons (Fsp3) is 0.571. The number of benzene rings is 1. The molecule has 2 fully saturated rings. The van der Waals surface area contributed by atoms with E-state index in [9.17, 15) is 14.4 Å². The maximum atomic E-state index is 13.3. The van der Waals surface area contributed by atoms with Gasteiger partial charge < -0.3 is 25.8 Å². The molecule has 0 bridgehead atoms. The maximum absolute atomic E-state index is 13.3. The SMILES string of the molecule is CCC1CN(C2(C(=O)NC)Cc3cc4nc([C@@H](NC(=O)c5nonc5C)C5CCCCC5)[nH]c4cc3C2)C(=O)N1. The fourth-order valence-electron chi connectivity index (χ4n) is 6.77. The number of likely N-dealkylation sites (N-methyl/N-ethyl adjacent to an activating group) is 1. The minimum absolute atomic E-state index is 0.0281. The van der Waals surface area contributed by atoms with E-state index in [2.05, 4.69) is 31.2 Å². The largest absolute Gasteiger partial charge is 0.357 e. The number of urea groups is 1. The third kappa shape index (κ3) is 4.39. The standard InChI is InChI=1S/C28H36N8O4/c1-4-19-14-36(27(39)30-19)28(26(38)29-3)12-17-10-20-21(11-18(17)13-28)32-24(31-20)23(16-8-6-5-7-9-16)33-25(37)22-15(2)34-40-35-22/h10-11,16,19,23H,4-9,12-14H2,1-3H3,(H,29,38)(H,30,39)(H,31,32)(H,33,37)/t19?,23-/m0/s1. The first-order valence-corrected chi connectivity index (χ1v) is 14.2. The number of nitrogens with zero attached hydrogens (tertiary/aromatic N) is 4. The van der Waals surface area contributed by atoms with Gasteiger partial charge in [-0.15, -0.1) is 0 Å². The molecular weight excluding hydrogens is 512 g/mol. The van der Waals surface area contributed by atoms with E-state index in [1.165, 1.54) is 6.42 Å². The lowest BCUT2D eigenvalue weighted by Gasteiger charge is -2.36.